The van der Waals surface area contributed by atoms with Crippen molar-refractivity contribution in [2.24, 2.45) is 0 Å². The summed E-state index contributed by atoms with van der Waals surface area (Å²) < 4.78 is 5.30. The number of hydrogen-bond donors (Lipinski definition) is 1. The lowest BCUT2D eigenvalue weighted by Crippen LogP contribution is -2.20. The van der Waals surface area contributed by atoms with Gasteiger partial charge >= 0.3 is 0 Å². The van der Waals surface area contributed by atoms with Crippen molar-refractivity contribution in [3.63, 3.8) is 0 Å². The molecule has 2 heterocycles. The Morgan fingerprint density at radius 1 is 1.24 bits per heavy atom. The Balaban J connectivity index is 2.42. The van der Waals surface area contributed by atoms with Crippen molar-refractivity contribution in [1.82, 2.24) is 20.3 Å². The molecule has 0 fully saturated rings. The number of nitrogens with one attached hydrogen (secondary N) is 1. The number of rotatable bonds is 4. The van der Waals surface area contributed by atoms with Gasteiger partial charge in [0.1, 0.15) is 11.4 Å². The highest BCUT2D eigenvalue weighted by molar-refractivity contribution is 5.33. The van der Waals surface area contributed by atoms with Crippen molar-refractivity contribution in [2.45, 2.75) is 6.04 Å². The first-order valence-corrected chi connectivity index (χ1v) is 5.29. The van der Waals surface area contributed by atoms with E-state index in [1.165, 1.54) is 0 Å². The van der Waals surface area contributed by atoms with Gasteiger partial charge in [-0.1, -0.05) is 0 Å². The second-order valence-electron chi connectivity index (χ2n) is 3.44. The maximum Gasteiger partial charge on any atom is 0.142 e. The maximum atomic E-state index is 5.30. The number of pyridine rings is 1. The smallest absolute Gasteiger partial charge is 0.142 e. The topological polar surface area (TPSA) is 59.9 Å². The van der Waals surface area contributed by atoms with Gasteiger partial charge in [0.15, 0.2) is 0 Å². The molecule has 1 atom stereocenters. The Bertz CT molecular complexity index is 475. The molecule has 5 heteroatoms. The molecule has 2 aromatic rings. The van der Waals surface area contributed by atoms with Crippen LogP contribution in [0.3, 0.4) is 0 Å². The molecule has 88 valence electrons. The molecule has 2 rings (SSSR count). The minimum absolute atomic E-state index is 0.125. The molecule has 0 aromatic carbocycles. The molecule has 1 unspecified atom stereocenters. The van der Waals surface area contributed by atoms with Crippen molar-refractivity contribution in [1.29, 1.82) is 0 Å². The van der Waals surface area contributed by atoms with Crippen LogP contribution >= 0.6 is 0 Å². The van der Waals surface area contributed by atoms with Gasteiger partial charge in [-0.05, 0) is 19.2 Å². The van der Waals surface area contributed by atoms with Crippen LogP contribution in [-0.2, 0) is 0 Å². The SMILES string of the molecule is CNC(c1cnccn1)c1ncccc1OC. The van der Waals surface area contributed by atoms with E-state index >= 15 is 0 Å². The molecule has 0 radical (unpaired) electrons. The van der Waals surface area contributed by atoms with Gasteiger partial charge in [-0.3, -0.25) is 15.0 Å². The largest absolute Gasteiger partial charge is 0.495 e. The number of hydrogen-bond acceptors (Lipinski definition) is 5. The maximum absolute atomic E-state index is 5.30. The first kappa shape index (κ1) is 11.5. The van der Waals surface area contributed by atoms with Gasteiger partial charge in [0.25, 0.3) is 0 Å². The van der Waals surface area contributed by atoms with Crippen LogP contribution in [0.1, 0.15) is 17.4 Å². The third-order valence-corrected chi connectivity index (χ3v) is 2.46. The van der Waals surface area contributed by atoms with E-state index in [1.807, 2.05) is 19.2 Å². The summed E-state index contributed by atoms with van der Waals surface area (Å²) in [5, 5.41) is 3.16. The Morgan fingerprint density at radius 3 is 2.76 bits per heavy atom. The first-order chi connectivity index (χ1) is 8.36. The molecule has 0 saturated heterocycles. The van der Waals surface area contributed by atoms with Crippen molar-refractivity contribution in [2.75, 3.05) is 14.2 Å². The number of aromatic nitrogens is 3. The van der Waals surface area contributed by atoms with Gasteiger partial charge in [0, 0.05) is 18.6 Å². The molecule has 0 aliphatic rings. The van der Waals surface area contributed by atoms with Crippen LogP contribution in [0.25, 0.3) is 0 Å². The summed E-state index contributed by atoms with van der Waals surface area (Å²) in [5.41, 5.74) is 1.62. The Labute approximate surface area is 99.9 Å². The van der Waals surface area contributed by atoms with Gasteiger partial charge in [-0.2, -0.15) is 0 Å². The number of methoxy groups -OCH3 is 1. The number of ether oxygens (including phenoxy) is 1. The van der Waals surface area contributed by atoms with E-state index in [0.29, 0.717) is 0 Å². The van der Waals surface area contributed by atoms with Crippen molar-refractivity contribution in [3.8, 4) is 5.75 Å². The van der Waals surface area contributed by atoms with Crippen LogP contribution in [0.15, 0.2) is 36.9 Å². The summed E-state index contributed by atoms with van der Waals surface area (Å²) in [4.78, 5) is 12.7. The van der Waals surface area contributed by atoms with E-state index in [9.17, 15) is 0 Å². The van der Waals surface area contributed by atoms with E-state index in [0.717, 1.165) is 17.1 Å². The molecule has 1 N–H and O–H groups in total. The first-order valence-electron chi connectivity index (χ1n) is 5.29. The van der Waals surface area contributed by atoms with Crippen LogP contribution in [0, 0.1) is 0 Å². The van der Waals surface area contributed by atoms with Gasteiger partial charge < -0.3 is 10.1 Å². The second-order valence-corrected chi connectivity index (χ2v) is 3.44. The lowest BCUT2D eigenvalue weighted by atomic mass is 10.1. The van der Waals surface area contributed by atoms with Gasteiger partial charge in [-0.15, -0.1) is 0 Å². The molecule has 0 amide bonds. The summed E-state index contributed by atoms with van der Waals surface area (Å²) in [6.07, 6.45) is 6.76. The fourth-order valence-corrected chi connectivity index (χ4v) is 1.68. The van der Waals surface area contributed by atoms with E-state index in [-0.39, 0.29) is 6.04 Å². The molecule has 0 bridgehead atoms. The van der Waals surface area contributed by atoms with Crippen LogP contribution in [0.2, 0.25) is 0 Å². The minimum Gasteiger partial charge on any atom is -0.495 e. The molecule has 5 nitrogen and oxygen atoms in total. The predicted octanol–water partition coefficient (Wildman–Crippen LogP) is 1.19. The molecular formula is C12H14N4O. The summed E-state index contributed by atoms with van der Waals surface area (Å²) >= 11 is 0. The van der Waals surface area contributed by atoms with Gasteiger partial charge in [0.2, 0.25) is 0 Å². The molecule has 2 aromatic heterocycles. The lowest BCUT2D eigenvalue weighted by molar-refractivity contribution is 0.401. The highest BCUT2D eigenvalue weighted by Gasteiger charge is 2.18. The zero-order valence-corrected chi connectivity index (χ0v) is 9.79. The molecule has 0 aliphatic carbocycles. The summed E-state index contributed by atoms with van der Waals surface area (Å²) in [6.45, 7) is 0. The zero-order chi connectivity index (χ0) is 12.1. The fourth-order valence-electron chi connectivity index (χ4n) is 1.68. The van der Waals surface area contributed by atoms with Crippen LogP contribution < -0.4 is 10.1 Å². The molecule has 0 aliphatic heterocycles. The average Bonchev–Trinajstić information content (AvgIpc) is 2.41. The standard InChI is InChI=1S/C12H14N4O/c1-13-11(9-8-14-6-7-15-9)12-10(17-2)4-3-5-16-12/h3-8,11,13H,1-2H3. The number of nitrogens with zero attached hydrogens (tertiary/aromatic N) is 3. The zero-order valence-electron chi connectivity index (χ0n) is 9.79. The Hall–Kier alpha value is -2.01. The van der Waals surface area contributed by atoms with Gasteiger partial charge in [0.05, 0.1) is 25.0 Å². The molecular weight excluding hydrogens is 216 g/mol. The average molecular weight is 230 g/mol. The molecule has 0 spiro atoms. The van der Waals surface area contributed by atoms with E-state index < -0.39 is 0 Å². The van der Waals surface area contributed by atoms with Crippen LogP contribution in [-0.4, -0.2) is 29.1 Å². The summed E-state index contributed by atoms with van der Waals surface area (Å²) in [6, 6.07) is 3.59. The Kier molecular flexibility index (Phi) is 3.62. The van der Waals surface area contributed by atoms with Crippen molar-refractivity contribution >= 4 is 0 Å². The van der Waals surface area contributed by atoms with E-state index in [1.54, 1.807) is 31.9 Å². The highest BCUT2D eigenvalue weighted by atomic mass is 16.5. The third-order valence-electron chi connectivity index (χ3n) is 2.46. The quantitative estimate of drug-likeness (QED) is 0.855. The molecule has 0 saturated carbocycles. The lowest BCUT2D eigenvalue weighted by Gasteiger charge is -2.16. The molecule has 17 heavy (non-hydrogen) atoms. The monoisotopic (exact) mass is 230 g/mol. The van der Waals surface area contributed by atoms with E-state index in [2.05, 4.69) is 20.3 Å². The van der Waals surface area contributed by atoms with Crippen LogP contribution in [0.5, 0.6) is 5.75 Å². The van der Waals surface area contributed by atoms with E-state index in [4.69, 9.17) is 4.74 Å². The van der Waals surface area contributed by atoms with Crippen molar-refractivity contribution < 1.29 is 4.74 Å². The Morgan fingerprint density at radius 2 is 2.12 bits per heavy atom. The highest BCUT2D eigenvalue weighted by Crippen LogP contribution is 2.25. The summed E-state index contributed by atoms with van der Waals surface area (Å²) in [5.74, 6) is 0.734. The minimum atomic E-state index is -0.125. The second kappa shape index (κ2) is 5.36. The van der Waals surface area contributed by atoms with Gasteiger partial charge in [-0.25, -0.2) is 0 Å². The normalized spacial score (nSPS) is 12.1. The predicted molar refractivity (Wildman–Crippen MR) is 63.7 cm³/mol. The summed E-state index contributed by atoms with van der Waals surface area (Å²) in [7, 11) is 3.48. The fraction of sp³-hybridized carbons (Fsp3) is 0.250. The third kappa shape index (κ3) is 2.39. The van der Waals surface area contributed by atoms with Crippen molar-refractivity contribution in [3.05, 3.63) is 48.3 Å². The van der Waals surface area contributed by atoms with Crippen LogP contribution in [0.4, 0.5) is 0 Å².